The van der Waals surface area contributed by atoms with Gasteiger partial charge in [0, 0.05) is 29.9 Å². The maximum Gasteiger partial charge on any atom is 0.416 e. The van der Waals surface area contributed by atoms with Gasteiger partial charge in [-0.05, 0) is 23.8 Å². The first-order chi connectivity index (χ1) is 9.05. The first-order valence-corrected chi connectivity index (χ1v) is 5.83. The molecule has 0 saturated heterocycles. The predicted octanol–water partition coefficient (Wildman–Crippen LogP) is 3.70. The minimum atomic E-state index is -4.35. The SMILES string of the molecule is FC(F)(F)c1cc2c(c(-c3cccnc3)c1)OCC2. The van der Waals surface area contributed by atoms with Crippen LogP contribution >= 0.6 is 0 Å². The minimum Gasteiger partial charge on any atom is -0.492 e. The van der Waals surface area contributed by atoms with E-state index in [1.54, 1.807) is 18.3 Å². The summed E-state index contributed by atoms with van der Waals surface area (Å²) in [6.07, 6.45) is -0.725. The third-order valence-corrected chi connectivity index (χ3v) is 3.08. The van der Waals surface area contributed by atoms with E-state index in [4.69, 9.17) is 4.74 Å². The molecular weight excluding hydrogens is 255 g/mol. The molecule has 19 heavy (non-hydrogen) atoms. The first-order valence-electron chi connectivity index (χ1n) is 5.83. The van der Waals surface area contributed by atoms with Crippen LogP contribution in [0, 0.1) is 0 Å². The van der Waals surface area contributed by atoms with Gasteiger partial charge < -0.3 is 4.74 Å². The molecule has 0 amide bonds. The van der Waals surface area contributed by atoms with E-state index < -0.39 is 11.7 Å². The molecule has 5 heteroatoms. The minimum absolute atomic E-state index is 0.421. The van der Waals surface area contributed by atoms with Crippen molar-refractivity contribution in [1.29, 1.82) is 0 Å². The van der Waals surface area contributed by atoms with Crippen LogP contribution in [0.2, 0.25) is 0 Å². The number of fused-ring (bicyclic) bond motifs is 1. The summed E-state index contributed by atoms with van der Waals surface area (Å²) >= 11 is 0. The van der Waals surface area contributed by atoms with Gasteiger partial charge in [0.15, 0.2) is 0 Å². The maximum atomic E-state index is 12.9. The van der Waals surface area contributed by atoms with Crippen LogP contribution in [0.5, 0.6) is 5.75 Å². The van der Waals surface area contributed by atoms with Crippen LogP contribution in [0.1, 0.15) is 11.1 Å². The van der Waals surface area contributed by atoms with Crippen LogP contribution in [0.3, 0.4) is 0 Å². The van der Waals surface area contributed by atoms with Gasteiger partial charge in [-0.3, -0.25) is 4.98 Å². The van der Waals surface area contributed by atoms with Crippen LogP contribution in [0.15, 0.2) is 36.7 Å². The number of hydrogen-bond acceptors (Lipinski definition) is 2. The molecule has 0 N–H and O–H groups in total. The summed E-state index contributed by atoms with van der Waals surface area (Å²) in [5.74, 6) is 0.543. The van der Waals surface area contributed by atoms with Gasteiger partial charge in [0.05, 0.1) is 12.2 Å². The molecule has 1 aromatic carbocycles. The summed E-state index contributed by atoms with van der Waals surface area (Å²) < 4.78 is 44.1. The van der Waals surface area contributed by atoms with Crippen molar-refractivity contribution in [3.05, 3.63) is 47.8 Å². The van der Waals surface area contributed by atoms with Gasteiger partial charge in [-0.25, -0.2) is 0 Å². The molecule has 0 aliphatic carbocycles. The van der Waals surface area contributed by atoms with E-state index >= 15 is 0 Å². The number of pyridine rings is 1. The second kappa shape index (κ2) is 4.26. The molecule has 1 aliphatic rings. The zero-order valence-corrected chi connectivity index (χ0v) is 9.87. The second-order valence-electron chi connectivity index (χ2n) is 4.35. The molecule has 1 aromatic heterocycles. The molecule has 0 bridgehead atoms. The average molecular weight is 265 g/mol. The largest absolute Gasteiger partial charge is 0.492 e. The van der Waals surface area contributed by atoms with E-state index in [0.29, 0.717) is 35.5 Å². The zero-order valence-electron chi connectivity index (χ0n) is 9.87. The van der Waals surface area contributed by atoms with Crippen molar-refractivity contribution in [3.63, 3.8) is 0 Å². The number of rotatable bonds is 1. The van der Waals surface area contributed by atoms with E-state index in [1.165, 1.54) is 12.3 Å². The fourth-order valence-corrected chi connectivity index (χ4v) is 2.21. The van der Waals surface area contributed by atoms with Gasteiger partial charge in [0.2, 0.25) is 0 Å². The van der Waals surface area contributed by atoms with Gasteiger partial charge in [-0.15, -0.1) is 0 Å². The van der Waals surface area contributed by atoms with Crippen molar-refractivity contribution in [1.82, 2.24) is 4.98 Å². The number of hydrogen-bond donors (Lipinski definition) is 0. The summed E-state index contributed by atoms with van der Waals surface area (Å²) in [6, 6.07) is 5.71. The van der Waals surface area contributed by atoms with Crippen molar-refractivity contribution >= 4 is 0 Å². The summed E-state index contributed by atoms with van der Waals surface area (Å²) in [4.78, 5) is 3.94. The van der Waals surface area contributed by atoms with Gasteiger partial charge in [0.1, 0.15) is 5.75 Å². The van der Waals surface area contributed by atoms with E-state index in [2.05, 4.69) is 4.98 Å². The van der Waals surface area contributed by atoms with E-state index in [0.717, 1.165) is 6.07 Å². The van der Waals surface area contributed by atoms with Crippen molar-refractivity contribution in [2.24, 2.45) is 0 Å². The van der Waals surface area contributed by atoms with Gasteiger partial charge in [-0.2, -0.15) is 13.2 Å². The number of aromatic nitrogens is 1. The van der Waals surface area contributed by atoms with E-state index in [-0.39, 0.29) is 0 Å². The van der Waals surface area contributed by atoms with Crippen LogP contribution in [0.4, 0.5) is 13.2 Å². The summed E-state index contributed by atoms with van der Waals surface area (Å²) in [5.41, 5.74) is 1.05. The number of benzene rings is 1. The van der Waals surface area contributed by atoms with E-state index in [9.17, 15) is 13.2 Å². The Bertz CT molecular complexity index is 608. The Balaban J connectivity index is 2.21. The number of alkyl halides is 3. The standard InChI is InChI=1S/C14H10F3NO/c15-14(16,17)11-6-9-3-5-19-13(9)12(7-11)10-2-1-4-18-8-10/h1-2,4,6-8H,3,5H2. The Morgan fingerprint density at radius 3 is 2.74 bits per heavy atom. The molecule has 2 aromatic rings. The van der Waals surface area contributed by atoms with Gasteiger partial charge in [-0.1, -0.05) is 6.07 Å². The van der Waals surface area contributed by atoms with Crippen LogP contribution in [-0.2, 0) is 12.6 Å². The van der Waals surface area contributed by atoms with Crippen LogP contribution in [-0.4, -0.2) is 11.6 Å². The molecule has 0 radical (unpaired) electrons. The third kappa shape index (κ3) is 2.16. The lowest BCUT2D eigenvalue weighted by Crippen LogP contribution is -2.05. The molecule has 98 valence electrons. The Kier molecular flexibility index (Phi) is 2.69. The summed E-state index contributed by atoms with van der Waals surface area (Å²) in [7, 11) is 0. The second-order valence-corrected chi connectivity index (χ2v) is 4.35. The highest BCUT2D eigenvalue weighted by Gasteiger charge is 2.33. The van der Waals surface area contributed by atoms with Crippen molar-refractivity contribution in [3.8, 4) is 16.9 Å². The quantitative estimate of drug-likeness (QED) is 0.784. The van der Waals surface area contributed by atoms with E-state index in [1.807, 2.05) is 0 Å². The third-order valence-electron chi connectivity index (χ3n) is 3.08. The monoisotopic (exact) mass is 265 g/mol. The Hall–Kier alpha value is -2.04. The van der Waals surface area contributed by atoms with Crippen molar-refractivity contribution < 1.29 is 17.9 Å². The topological polar surface area (TPSA) is 22.1 Å². The molecule has 0 saturated carbocycles. The molecule has 2 heterocycles. The highest BCUT2D eigenvalue weighted by atomic mass is 19.4. The number of ether oxygens (including phenoxy) is 1. The molecule has 1 aliphatic heterocycles. The van der Waals surface area contributed by atoms with Crippen molar-refractivity contribution in [2.75, 3.05) is 6.61 Å². The molecule has 0 fully saturated rings. The molecule has 0 unspecified atom stereocenters. The Labute approximate surface area is 107 Å². The predicted molar refractivity (Wildman–Crippen MR) is 63.9 cm³/mol. The maximum absolute atomic E-state index is 12.9. The first kappa shape index (κ1) is 12.0. The molecule has 2 nitrogen and oxygen atoms in total. The molecule has 0 spiro atoms. The fraction of sp³-hybridized carbons (Fsp3) is 0.214. The van der Waals surface area contributed by atoms with Gasteiger partial charge in [0.25, 0.3) is 0 Å². The normalized spacial score (nSPS) is 14.1. The van der Waals surface area contributed by atoms with Gasteiger partial charge >= 0.3 is 6.18 Å². The highest BCUT2D eigenvalue weighted by Crippen LogP contribution is 2.41. The van der Waals surface area contributed by atoms with Crippen molar-refractivity contribution in [2.45, 2.75) is 12.6 Å². The highest BCUT2D eigenvalue weighted by molar-refractivity contribution is 5.73. The smallest absolute Gasteiger partial charge is 0.416 e. The summed E-state index contributed by atoms with van der Waals surface area (Å²) in [6.45, 7) is 0.421. The molecule has 0 atom stereocenters. The fourth-order valence-electron chi connectivity index (χ4n) is 2.21. The number of halogens is 3. The summed E-state index contributed by atoms with van der Waals surface area (Å²) in [5, 5.41) is 0. The van der Waals surface area contributed by atoms with Crippen LogP contribution < -0.4 is 4.74 Å². The Morgan fingerprint density at radius 2 is 2.05 bits per heavy atom. The lowest BCUT2D eigenvalue weighted by Gasteiger charge is -2.13. The molecule has 3 rings (SSSR count). The zero-order chi connectivity index (χ0) is 13.5. The average Bonchev–Trinajstić information content (AvgIpc) is 2.85. The number of nitrogens with zero attached hydrogens (tertiary/aromatic N) is 1. The van der Waals surface area contributed by atoms with Crippen LogP contribution in [0.25, 0.3) is 11.1 Å². The molecular formula is C14H10F3NO. The lowest BCUT2D eigenvalue weighted by molar-refractivity contribution is -0.137. The Morgan fingerprint density at radius 1 is 1.21 bits per heavy atom. The lowest BCUT2D eigenvalue weighted by atomic mass is 9.99.